The first-order valence-electron chi connectivity index (χ1n) is 7.61. The monoisotopic (exact) mass is 264 g/mol. The fraction of sp³-hybridized carbons (Fsp3) is 0.706. The highest BCUT2D eigenvalue weighted by molar-refractivity contribution is 5.69. The summed E-state index contributed by atoms with van der Waals surface area (Å²) < 4.78 is 5.52. The summed E-state index contributed by atoms with van der Waals surface area (Å²) in [5.74, 6) is 0.446. The highest BCUT2D eigenvalue weighted by Gasteiger charge is 2.25. The predicted octanol–water partition coefficient (Wildman–Crippen LogP) is 4.80. The van der Waals surface area contributed by atoms with Crippen LogP contribution < -0.4 is 0 Å². The Hall–Kier alpha value is -1.05. The number of carbonyl (C=O) groups excluding carboxylic acids is 1. The van der Waals surface area contributed by atoms with Crippen LogP contribution in [0.15, 0.2) is 23.3 Å². The summed E-state index contributed by atoms with van der Waals surface area (Å²) in [4.78, 5) is 11.4. The third-order valence-electron chi connectivity index (χ3n) is 3.96. The molecular weight excluding hydrogens is 236 g/mol. The normalized spacial score (nSPS) is 24.0. The van der Waals surface area contributed by atoms with Gasteiger partial charge >= 0.3 is 5.97 Å². The van der Waals surface area contributed by atoms with Crippen LogP contribution in [-0.4, -0.2) is 12.1 Å². The second kappa shape index (κ2) is 8.19. The van der Waals surface area contributed by atoms with Gasteiger partial charge < -0.3 is 4.74 Å². The molecule has 0 N–H and O–H groups in total. The average Bonchev–Trinajstić information content (AvgIpc) is 2.41. The summed E-state index contributed by atoms with van der Waals surface area (Å²) in [6, 6.07) is 0. The van der Waals surface area contributed by atoms with Crippen molar-refractivity contribution < 1.29 is 9.53 Å². The van der Waals surface area contributed by atoms with Crippen molar-refractivity contribution in [2.75, 3.05) is 0 Å². The van der Waals surface area contributed by atoms with E-state index in [1.54, 1.807) is 0 Å². The highest BCUT2D eigenvalue weighted by Crippen LogP contribution is 2.31. The van der Waals surface area contributed by atoms with Crippen molar-refractivity contribution in [1.29, 1.82) is 0 Å². The Labute approximate surface area is 117 Å². The molecule has 2 atom stereocenters. The van der Waals surface area contributed by atoms with Gasteiger partial charge in [-0.2, -0.15) is 0 Å². The van der Waals surface area contributed by atoms with E-state index in [1.165, 1.54) is 30.4 Å². The van der Waals surface area contributed by atoms with Crippen LogP contribution in [0.4, 0.5) is 0 Å². The van der Waals surface area contributed by atoms with Crippen LogP contribution in [0.25, 0.3) is 0 Å². The smallest absolute Gasteiger partial charge is 0.306 e. The molecule has 108 valence electrons. The summed E-state index contributed by atoms with van der Waals surface area (Å²) in [7, 11) is 0. The number of unbranched alkanes of at least 4 members (excludes halogenated alkanes) is 2. The van der Waals surface area contributed by atoms with Crippen molar-refractivity contribution in [3.05, 3.63) is 23.3 Å². The second-order valence-electron chi connectivity index (χ2n) is 5.54. The number of allylic oxidation sites excluding steroid dienone is 3. The Balaban J connectivity index is 2.60. The molecule has 0 aromatic rings. The van der Waals surface area contributed by atoms with E-state index in [-0.39, 0.29) is 12.1 Å². The maximum Gasteiger partial charge on any atom is 0.306 e. The Morgan fingerprint density at radius 2 is 2.21 bits per heavy atom. The van der Waals surface area contributed by atoms with Gasteiger partial charge in [-0.25, -0.2) is 0 Å². The van der Waals surface area contributed by atoms with Crippen LogP contribution >= 0.6 is 0 Å². The van der Waals surface area contributed by atoms with Crippen LogP contribution in [0.2, 0.25) is 0 Å². The molecule has 0 amide bonds. The van der Waals surface area contributed by atoms with E-state index in [2.05, 4.69) is 32.9 Å². The molecule has 2 heteroatoms. The van der Waals surface area contributed by atoms with Crippen LogP contribution in [0.3, 0.4) is 0 Å². The number of rotatable bonds is 6. The summed E-state index contributed by atoms with van der Waals surface area (Å²) in [5, 5.41) is 0. The van der Waals surface area contributed by atoms with Gasteiger partial charge in [0.1, 0.15) is 6.10 Å². The second-order valence-corrected chi connectivity index (χ2v) is 5.54. The van der Waals surface area contributed by atoms with Crippen molar-refractivity contribution in [3.63, 3.8) is 0 Å². The van der Waals surface area contributed by atoms with E-state index in [0.717, 1.165) is 12.8 Å². The van der Waals surface area contributed by atoms with Crippen molar-refractivity contribution in [1.82, 2.24) is 0 Å². The molecule has 0 spiro atoms. The third kappa shape index (κ3) is 5.22. The van der Waals surface area contributed by atoms with Crippen LogP contribution in [0.5, 0.6) is 0 Å². The predicted molar refractivity (Wildman–Crippen MR) is 79.9 cm³/mol. The van der Waals surface area contributed by atoms with Crippen LogP contribution in [-0.2, 0) is 9.53 Å². The Bertz CT molecular complexity index is 352. The molecule has 2 nitrogen and oxygen atoms in total. The van der Waals surface area contributed by atoms with Crippen molar-refractivity contribution in [2.45, 2.75) is 72.3 Å². The topological polar surface area (TPSA) is 26.3 Å². The van der Waals surface area contributed by atoms with Gasteiger partial charge in [-0.15, -0.1) is 0 Å². The van der Waals surface area contributed by atoms with Gasteiger partial charge in [0.25, 0.3) is 0 Å². The fourth-order valence-electron chi connectivity index (χ4n) is 2.46. The lowest BCUT2D eigenvalue weighted by Gasteiger charge is -2.29. The van der Waals surface area contributed by atoms with E-state index < -0.39 is 0 Å². The molecular formula is C17H28O2. The molecule has 1 rings (SSSR count). The lowest BCUT2D eigenvalue weighted by atomic mass is 9.83. The fourth-order valence-corrected chi connectivity index (χ4v) is 2.46. The van der Waals surface area contributed by atoms with Gasteiger partial charge in [-0.1, -0.05) is 44.4 Å². The van der Waals surface area contributed by atoms with Gasteiger partial charge in [0, 0.05) is 6.42 Å². The number of esters is 1. The summed E-state index contributed by atoms with van der Waals surface area (Å²) >= 11 is 0. The standard InChI is InChI=1S/C17H28O2/c1-5-7-8-9-13(3)15-11-10-14(4)16(12-15)19-17(18)6-2/h9-10,15-16H,5-8,11-12H2,1-4H3. The average molecular weight is 264 g/mol. The number of hydrogen-bond donors (Lipinski definition) is 0. The third-order valence-corrected chi connectivity index (χ3v) is 3.96. The van der Waals surface area contributed by atoms with Crippen molar-refractivity contribution >= 4 is 5.97 Å². The molecule has 0 saturated heterocycles. The minimum Gasteiger partial charge on any atom is -0.458 e. The molecule has 0 fully saturated rings. The summed E-state index contributed by atoms with van der Waals surface area (Å²) in [6.45, 7) is 8.35. The molecule has 0 saturated carbocycles. The Kier molecular flexibility index (Phi) is 6.90. The molecule has 2 unspecified atom stereocenters. The minimum atomic E-state index is -0.0917. The van der Waals surface area contributed by atoms with E-state index in [9.17, 15) is 4.79 Å². The molecule has 0 aliphatic heterocycles. The van der Waals surface area contributed by atoms with Gasteiger partial charge in [0.05, 0.1) is 0 Å². The first-order valence-corrected chi connectivity index (χ1v) is 7.61. The molecule has 1 aliphatic carbocycles. The van der Waals surface area contributed by atoms with Gasteiger partial charge in [0.2, 0.25) is 0 Å². The molecule has 0 radical (unpaired) electrons. The quantitative estimate of drug-likeness (QED) is 0.391. The largest absolute Gasteiger partial charge is 0.458 e. The van der Waals surface area contributed by atoms with Gasteiger partial charge in [0.15, 0.2) is 0 Å². The van der Waals surface area contributed by atoms with E-state index in [4.69, 9.17) is 4.74 Å². The van der Waals surface area contributed by atoms with Crippen LogP contribution in [0.1, 0.15) is 66.2 Å². The minimum absolute atomic E-state index is 0.0132. The van der Waals surface area contributed by atoms with Gasteiger partial charge in [-0.05, 0) is 44.6 Å². The van der Waals surface area contributed by atoms with Crippen molar-refractivity contribution in [2.24, 2.45) is 5.92 Å². The van der Waals surface area contributed by atoms with Gasteiger partial charge in [-0.3, -0.25) is 4.79 Å². The summed E-state index contributed by atoms with van der Waals surface area (Å²) in [5.41, 5.74) is 2.66. The number of ether oxygens (including phenoxy) is 1. The molecule has 0 heterocycles. The zero-order valence-corrected chi connectivity index (χ0v) is 12.9. The molecule has 19 heavy (non-hydrogen) atoms. The molecule has 0 aromatic carbocycles. The Morgan fingerprint density at radius 1 is 1.47 bits per heavy atom. The lowest BCUT2D eigenvalue weighted by molar-refractivity contribution is -0.147. The number of hydrogen-bond acceptors (Lipinski definition) is 2. The molecule has 0 bridgehead atoms. The first-order chi connectivity index (χ1) is 9.08. The maximum absolute atomic E-state index is 11.4. The highest BCUT2D eigenvalue weighted by atomic mass is 16.5. The van der Waals surface area contributed by atoms with Crippen molar-refractivity contribution in [3.8, 4) is 0 Å². The molecule has 0 aromatic heterocycles. The zero-order chi connectivity index (χ0) is 14.3. The van der Waals surface area contributed by atoms with E-state index in [1.807, 2.05) is 6.92 Å². The zero-order valence-electron chi connectivity index (χ0n) is 12.9. The van der Waals surface area contributed by atoms with E-state index >= 15 is 0 Å². The summed E-state index contributed by atoms with van der Waals surface area (Å²) in [6.07, 6.45) is 10.7. The van der Waals surface area contributed by atoms with Crippen LogP contribution in [0, 0.1) is 5.92 Å². The molecule has 1 aliphatic rings. The Morgan fingerprint density at radius 3 is 2.84 bits per heavy atom. The van der Waals surface area contributed by atoms with E-state index in [0.29, 0.717) is 12.3 Å². The maximum atomic E-state index is 11.4. The number of carbonyl (C=O) groups is 1. The first kappa shape index (κ1) is 16.0. The SMILES string of the molecule is CCCCC=C(C)C1CC=C(C)C(OC(=O)CC)C1. The lowest BCUT2D eigenvalue weighted by Crippen LogP contribution is -2.26.